The van der Waals surface area contributed by atoms with Gasteiger partial charge in [0.05, 0.1) is 12.2 Å². The van der Waals surface area contributed by atoms with Crippen LogP contribution in [0.4, 0.5) is 16.2 Å². The van der Waals surface area contributed by atoms with Gasteiger partial charge >= 0.3 is 0 Å². The van der Waals surface area contributed by atoms with Crippen molar-refractivity contribution in [1.29, 1.82) is 0 Å². The minimum Gasteiger partial charge on any atom is -0.358 e. The van der Waals surface area contributed by atoms with E-state index in [9.17, 15) is 4.39 Å². The molecule has 2 aromatic heterocycles. The van der Waals surface area contributed by atoms with E-state index in [1.54, 1.807) is 17.9 Å². The lowest BCUT2D eigenvalue weighted by molar-refractivity contribution is 0.610. The molecule has 0 aliphatic rings. The first kappa shape index (κ1) is 12.2. The number of halogens is 1. The van der Waals surface area contributed by atoms with Gasteiger partial charge in [-0.05, 0) is 6.92 Å². The van der Waals surface area contributed by atoms with E-state index >= 15 is 0 Å². The van der Waals surface area contributed by atoms with Crippen LogP contribution >= 0.6 is 0 Å². The van der Waals surface area contributed by atoms with Crippen LogP contribution in [0.5, 0.6) is 0 Å². The van der Waals surface area contributed by atoms with Gasteiger partial charge in [-0.3, -0.25) is 0 Å². The Bertz CT molecular complexity index is 539. The molecule has 7 nitrogen and oxygen atoms in total. The van der Waals surface area contributed by atoms with Crippen LogP contribution < -0.4 is 10.6 Å². The largest absolute Gasteiger partial charge is 0.358 e. The Kier molecular flexibility index (Phi) is 3.35. The molecule has 0 aliphatic heterocycles. The van der Waals surface area contributed by atoms with Crippen molar-refractivity contribution >= 4 is 11.8 Å². The number of hydrogen-bond acceptors (Lipinski definition) is 6. The lowest BCUT2D eigenvalue weighted by Gasteiger charge is -2.14. The van der Waals surface area contributed by atoms with Crippen LogP contribution in [0.3, 0.4) is 0 Å². The second-order valence-corrected chi connectivity index (χ2v) is 3.81. The highest BCUT2D eigenvalue weighted by Crippen LogP contribution is 2.18. The van der Waals surface area contributed by atoms with E-state index in [-0.39, 0.29) is 11.9 Å². The maximum atomic E-state index is 13.6. The summed E-state index contributed by atoms with van der Waals surface area (Å²) in [7, 11) is 3.49. The molecule has 2 N–H and O–H groups in total. The number of aryl methyl sites for hydroxylation is 1. The molecular weight excluding hydrogens is 237 g/mol. The predicted molar refractivity (Wildman–Crippen MR) is 64.6 cm³/mol. The average molecular weight is 251 g/mol. The van der Waals surface area contributed by atoms with Crippen molar-refractivity contribution in [1.82, 2.24) is 24.7 Å². The third-order valence-corrected chi connectivity index (χ3v) is 2.45. The van der Waals surface area contributed by atoms with Gasteiger partial charge in [0, 0.05) is 14.1 Å². The Morgan fingerprint density at radius 1 is 1.44 bits per heavy atom. The van der Waals surface area contributed by atoms with Crippen molar-refractivity contribution in [3.8, 4) is 0 Å². The zero-order valence-electron chi connectivity index (χ0n) is 10.3. The Balaban J connectivity index is 2.21. The standard InChI is InChI=1S/C10H14FN7/c1-6(9-17-14-5-18(9)3)15-8-7(11)4-13-10(12-2)16-8/h4-6H,1-3H3,(H2,12,13,15,16). The Hall–Kier alpha value is -2.25. The van der Waals surface area contributed by atoms with Gasteiger partial charge in [0.25, 0.3) is 0 Å². The van der Waals surface area contributed by atoms with Gasteiger partial charge in [-0.1, -0.05) is 0 Å². The summed E-state index contributed by atoms with van der Waals surface area (Å²) in [5.41, 5.74) is 0. The summed E-state index contributed by atoms with van der Waals surface area (Å²) in [6.45, 7) is 1.85. The molecule has 1 atom stereocenters. The van der Waals surface area contributed by atoms with Gasteiger partial charge in [0.1, 0.15) is 6.33 Å². The molecule has 0 aromatic carbocycles. The van der Waals surface area contributed by atoms with E-state index < -0.39 is 5.82 Å². The van der Waals surface area contributed by atoms with Crippen LogP contribution in [0.1, 0.15) is 18.8 Å². The van der Waals surface area contributed by atoms with Crippen molar-refractivity contribution in [3.05, 3.63) is 24.2 Å². The molecule has 0 saturated carbocycles. The van der Waals surface area contributed by atoms with E-state index in [0.29, 0.717) is 11.8 Å². The summed E-state index contributed by atoms with van der Waals surface area (Å²) in [5.74, 6) is 0.663. The monoisotopic (exact) mass is 251 g/mol. The van der Waals surface area contributed by atoms with Crippen molar-refractivity contribution < 1.29 is 4.39 Å². The minimum absolute atomic E-state index is 0.129. The zero-order chi connectivity index (χ0) is 13.1. The second kappa shape index (κ2) is 4.94. The molecule has 0 aliphatic carbocycles. The molecule has 2 heterocycles. The lowest BCUT2D eigenvalue weighted by atomic mass is 10.3. The number of hydrogen-bond donors (Lipinski definition) is 2. The number of nitrogens with one attached hydrogen (secondary N) is 2. The van der Waals surface area contributed by atoms with Gasteiger partial charge in [-0.15, -0.1) is 10.2 Å². The van der Waals surface area contributed by atoms with Crippen molar-refractivity contribution in [2.75, 3.05) is 17.7 Å². The molecule has 18 heavy (non-hydrogen) atoms. The molecule has 0 amide bonds. The highest BCUT2D eigenvalue weighted by atomic mass is 19.1. The van der Waals surface area contributed by atoms with E-state index in [1.807, 2.05) is 14.0 Å². The van der Waals surface area contributed by atoms with Gasteiger partial charge in [0.2, 0.25) is 5.95 Å². The maximum absolute atomic E-state index is 13.6. The lowest BCUT2D eigenvalue weighted by Crippen LogP contribution is -2.14. The fourth-order valence-electron chi connectivity index (χ4n) is 1.54. The number of aromatic nitrogens is 5. The summed E-state index contributed by atoms with van der Waals surface area (Å²) in [6.07, 6.45) is 2.70. The SMILES string of the molecule is CNc1ncc(F)c(NC(C)c2nncn2C)n1. The number of rotatable bonds is 4. The summed E-state index contributed by atoms with van der Waals surface area (Å²) in [4.78, 5) is 7.78. The molecule has 2 rings (SSSR count). The fraction of sp³-hybridized carbons (Fsp3) is 0.400. The molecular formula is C10H14FN7. The molecule has 0 saturated heterocycles. The van der Waals surface area contributed by atoms with Crippen LogP contribution in [-0.2, 0) is 7.05 Å². The van der Waals surface area contributed by atoms with Crippen LogP contribution in [0.15, 0.2) is 12.5 Å². The molecule has 0 fully saturated rings. The number of nitrogens with zero attached hydrogens (tertiary/aromatic N) is 5. The van der Waals surface area contributed by atoms with Gasteiger partial charge in [-0.2, -0.15) is 4.98 Å². The quantitative estimate of drug-likeness (QED) is 0.842. The third-order valence-electron chi connectivity index (χ3n) is 2.45. The highest BCUT2D eigenvalue weighted by molar-refractivity contribution is 5.42. The second-order valence-electron chi connectivity index (χ2n) is 3.81. The first-order valence-corrected chi connectivity index (χ1v) is 5.42. The fourth-order valence-corrected chi connectivity index (χ4v) is 1.54. The molecule has 0 bridgehead atoms. The summed E-state index contributed by atoms with van der Waals surface area (Å²) >= 11 is 0. The average Bonchev–Trinajstić information content (AvgIpc) is 2.78. The molecule has 1 unspecified atom stereocenters. The molecule has 8 heteroatoms. The molecule has 0 radical (unpaired) electrons. The minimum atomic E-state index is -0.511. The maximum Gasteiger partial charge on any atom is 0.224 e. The van der Waals surface area contributed by atoms with Crippen molar-refractivity contribution in [3.63, 3.8) is 0 Å². The third kappa shape index (κ3) is 2.36. The smallest absolute Gasteiger partial charge is 0.224 e. The van der Waals surface area contributed by atoms with Crippen LogP contribution in [0.2, 0.25) is 0 Å². The Labute approximate surface area is 103 Å². The van der Waals surface area contributed by atoms with Crippen LogP contribution in [0.25, 0.3) is 0 Å². The van der Waals surface area contributed by atoms with E-state index in [2.05, 4.69) is 30.8 Å². The summed E-state index contributed by atoms with van der Waals surface area (Å²) < 4.78 is 15.3. The summed E-state index contributed by atoms with van der Waals surface area (Å²) in [6, 6.07) is -0.216. The first-order chi connectivity index (χ1) is 8.61. The van der Waals surface area contributed by atoms with Crippen molar-refractivity contribution in [2.45, 2.75) is 13.0 Å². The van der Waals surface area contributed by atoms with Gasteiger partial charge in [-0.25, -0.2) is 9.37 Å². The van der Waals surface area contributed by atoms with Crippen LogP contribution in [0, 0.1) is 5.82 Å². The molecule has 0 spiro atoms. The normalized spacial score (nSPS) is 12.2. The number of anilines is 2. The van der Waals surface area contributed by atoms with E-state index in [1.165, 1.54) is 0 Å². The van der Waals surface area contributed by atoms with Crippen molar-refractivity contribution in [2.24, 2.45) is 7.05 Å². The zero-order valence-corrected chi connectivity index (χ0v) is 10.3. The highest BCUT2D eigenvalue weighted by Gasteiger charge is 2.14. The Morgan fingerprint density at radius 2 is 2.22 bits per heavy atom. The van der Waals surface area contributed by atoms with E-state index in [0.717, 1.165) is 6.20 Å². The Morgan fingerprint density at radius 3 is 2.83 bits per heavy atom. The van der Waals surface area contributed by atoms with Crippen LogP contribution in [-0.4, -0.2) is 31.8 Å². The first-order valence-electron chi connectivity index (χ1n) is 5.42. The topological polar surface area (TPSA) is 80.5 Å². The molecule has 2 aromatic rings. The van der Waals surface area contributed by atoms with E-state index in [4.69, 9.17) is 0 Å². The van der Waals surface area contributed by atoms with Gasteiger partial charge < -0.3 is 15.2 Å². The molecule has 96 valence electrons. The summed E-state index contributed by atoms with van der Waals surface area (Å²) in [5, 5.41) is 13.4. The predicted octanol–water partition coefficient (Wildman–Crippen LogP) is 0.959. The van der Waals surface area contributed by atoms with Gasteiger partial charge in [0.15, 0.2) is 17.5 Å².